The van der Waals surface area contributed by atoms with Crippen molar-refractivity contribution in [1.82, 2.24) is 9.97 Å². The van der Waals surface area contributed by atoms with Crippen molar-refractivity contribution in [3.05, 3.63) is 34.6 Å². The highest BCUT2D eigenvalue weighted by Gasteiger charge is 2.15. The highest BCUT2D eigenvalue weighted by Crippen LogP contribution is 2.26. The van der Waals surface area contributed by atoms with Crippen molar-refractivity contribution in [2.75, 3.05) is 0 Å². The van der Waals surface area contributed by atoms with Crippen LogP contribution >= 0.6 is 11.3 Å². The van der Waals surface area contributed by atoms with Gasteiger partial charge in [-0.15, -0.1) is 11.3 Å². The number of thiazole rings is 1. The lowest BCUT2D eigenvalue weighted by atomic mass is 10.2. The molecule has 0 amide bonds. The van der Waals surface area contributed by atoms with Gasteiger partial charge in [0.1, 0.15) is 5.01 Å². The lowest BCUT2D eigenvalue weighted by Gasteiger charge is -2.02. The number of nitrogens with zero attached hydrogens (tertiary/aromatic N) is 2. The van der Waals surface area contributed by atoms with Gasteiger partial charge in [-0.05, 0) is 26.0 Å². The van der Waals surface area contributed by atoms with Gasteiger partial charge in [-0.25, -0.2) is 14.8 Å². The fourth-order valence-corrected chi connectivity index (χ4v) is 2.19. The Hall–Kier alpha value is -1.75. The number of rotatable bonds is 2. The zero-order valence-electron chi connectivity index (χ0n) is 8.89. The maximum atomic E-state index is 11.1. The third-order valence-electron chi connectivity index (χ3n) is 2.09. The van der Waals surface area contributed by atoms with Crippen LogP contribution in [0, 0.1) is 13.8 Å². The van der Waals surface area contributed by atoms with E-state index in [1.807, 2.05) is 12.3 Å². The summed E-state index contributed by atoms with van der Waals surface area (Å²) in [5.41, 5.74) is 2.22. The van der Waals surface area contributed by atoms with Crippen molar-refractivity contribution >= 4 is 17.3 Å². The van der Waals surface area contributed by atoms with Gasteiger partial charge in [0, 0.05) is 22.3 Å². The van der Waals surface area contributed by atoms with E-state index in [1.54, 1.807) is 19.1 Å². The molecule has 2 aromatic heterocycles. The van der Waals surface area contributed by atoms with Crippen LogP contribution in [0.3, 0.4) is 0 Å². The smallest absolute Gasteiger partial charge is 0.355 e. The van der Waals surface area contributed by atoms with Crippen LogP contribution in [0.1, 0.15) is 21.9 Å². The van der Waals surface area contributed by atoms with E-state index < -0.39 is 5.97 Å². The Kier molecular flexibility index (Phi) is 2.70. The molecule has 0 radical (unpaired) electrons. The lowest BCUT2D eigenvalue weighted by Crippen LogP contribution is -2.04. The zero-order valence-corrected chi connectivity index (χ0v) is 9.71. The van der Waals surface area contributed by atoms with Gasteiger partial charge in [0.2, 0.25) is 0 Å². The van der Waals surface area contributed by atoms with Gasteiger partial charge in [0.25, 0.3) is 0 Å². The first-order chi connectivity index (χ1) is 7.58. The first-order valence-electron chi connectivity index (χ1n) is 4.71. The lowest BCUT2D eigenvalue weighted by molar-refractivity contribution is 0.0691. The van der Waals surface area contributed by atoms with Crippen LogP contribution in [-0.2, 0) is 0 Å². The summed E-state index contributed by atoms with van der Waals surface area (Å²) in [4.78, 5) is 19.4. The molecule has 0 saturated carbocycles. The third-order valence-corrected chi connectivity index (χ3v) is 3.08. The summed E-state index contributed by atoms with van der Waals surface area (Å²) in [6.07, 6.45) is 0. The molecule has 0 fully saturated rings. The molecule has 2 rings (SSSR count). The number of aromatic nitrogens is 2. The first-order valence-corrected chi connectivity index (χ1v) is 5.59. The second-order valence-corrected chi connectivity index (χ2v) is 4.31. The van der Waals surface area contributed by atoms with E-state index in [9.17, 15) is 4.79 Å². The molecular formula is C11H10N2O2S. The fraction of sp³-hybridized carbons (Fsp3) is 0.182. The third kappa shape index (κ3) is 1.94. The number of carboxylic acids is 1. The zero-order chi connectivity index (χ0) is 11.7. The van der Waals surface area contributed by atoms with Gasteiger partial charge < -0.3 is 5.11 Å². The summed E-state index contributed by atoms with van der Waals surface area (Å²) < 4.78 is 0. The Bertz CT molecular complexity index is 549. The predicted molar refractivity (Wildman–Crippen MR) is 61.8 cm³/mol. The molecular weight excluding hydrogens is 224 g/mol. The van der Waals surface area contributed by atoms with E-state index in [0.717, 1.165) is 5.69 Å². The van der Waals surface area contributed by atoms with Gasteiger partial charge in [-0.3, -0.25) is 0 Å². The average Bonchev–Trinajstić information content (AvgIpc) is 2.64. The number of carboxylic acid groups (broad SMARTS) is 1. The molecule has 0 bridgehead atoms. The minimum absolute atomic E-state index is 0.0642. The summed E-state index contributed by atoms with van der Waals surface area (Å²) in [6, 6.07) is 3.54. The van der Waals surface area contributed by atoms with Gasteiger partial charge in [-0.2, -0.15) is 0 Å². The summed E-state index contributed by atoms with van der Waals surface area (Å²) in [6.45, 7) is 3.64. The van der Waals surface area contributed by atoms with Crippen LogP contribution in [-0.4, -0.2) is 21.0 Å². The molecule has 0 spiro atoms. The molecule has 0 aliphatic rings. The van der Waals surface area contributed by atoms with E-state index in [0.29, 0.717) is 16.3 Å². The van der Waals surface area contributed by atoms with Crippen molar-refractivity contribution in [2.24, 2.45) is 0 Å². The maximum absolute atomic E-state index is 11.1. The number of pyridine rings is 1. The number of aryl methyl sites for hydroxylation is 2. The molecule has 4 nitrogen and oxygen atoms in total. The molecule has 82 valence electrons. The summed E-state index contributed by atoms with van der Waals surface area (Å²) in [7, 11) is 0. The molecule has 0 aliphatic heterocycles. The second kappa shape index (κ2) is 4.02. The van der Waals surface area contributed by atoms with Crippen molar-refractivity contribution < 1.29 is 9.90 Å². The molecule has 0 aromatic carbocycles. The van der Waals surface area contributed by atoms with E-state index in [-0.39, 0.29) is 5.69 Å². The van der Waals surface area contributed by atoms with Crippen molar-refractivity contribution in [3.8, 4) is 10.6 Å². The Morgan fingerprint density at radius 3 is 2.56 bits per heavy atom. The van der Waals surface area contributed by atoms with Crippen LogP contribution < -0.4 is 0 Å². The maximum Gasteiger partial charge on any atom is 0.355 e. The quantitative estimate of drug-likeness (QED) is 0.867. The highest BCUT2D eigenvalue weighted by atomic mass is 32.1. The van der Waals surface area contributed by atoms with Crippen molar-refractivity contribution in [2.45, 2.75) is 13.8 Å². The number of aromatic carboxylic acids is 1. The molecule has 0 unspecified atom stereocenters. The van der Waals surface area contributed by atoms with Gasteiger partial charge in [-0.1, -0.05) is 0 Å². The predicted octanol–water partition coefficient (Wildman–Crippen LogP) is 2.52. The summed E-state index contributed by atoms with van der Waals surface area (Å²) in [5.74, 6) is -1.02. The largest absolute Gasteiger partial charge is 0.476 e. The van der Waals surface area contributed by atoms with E-state index in [2.05, 4.69) is 9.97 Å². The Balaban J connectivity index is 2.60. The Morgan fingerprint density at radius 2 is 2.00 bits per heavy atom. The van der Waals surface area contributed by atoms with Crippen LogP contribution in [0.2, 0.25) is 0 Å². The minimum Gasteiger partial charge on any atom is -0.476 e. The Morgan fingerprint density at radius 1 is 1.25 bits per heavy atom. The monoisotopic (exact) mass is 234 g/mol. The molecule has 0 aliphatic carbocycles. The van der Waals surface area contributed by atoms with Crippen LogP contribution in [0.25, 0.3) is 10.6 Å². The molecule has 16 heavy (non-hydrogen) atoms. The molecule has 0 saturated heterocycles. The average molecular weight is 234 g/mol. The van der Waals surface area contributed by atoms with E-state index >= 15 is 0 Å². The Labute approximate surface area is 96.6 Å². The number of carbonyl (C=O) groups is 1. The first kappa shape index (κ1) is 10.8. The van der Waals surface area contributed by atoms with Gasteiger partial charge >= 0.3 is 5.97 Å². The molecule has 0 atom stereocenters. The summed E-state index contributed by atoms with van der Waals surface area (Å²) >= 11 is 1.43. The number of hydrogen-bond donors (Lipinski definition) is 1. The van der Waals surface area contributed by atoms with Crippen LogP contribution in [0.5, 0.6) is 0 Å². The fourth-order valence-electron chi connectivity index (χ4n) is 1.37. The molecule has 2 aromatic rings. The van der Waals surface area contributed by atoms with Gasteiger partial charge in [0.05, 0.1) is 0 Å². The minimum atomic E-state index is -1.02. The normalized spacial score (nSPS) is 10.4. The molecule has 2 heterocycles. The van der Waals surface area contributed by atoms with Crippen LogP contribution in [0.15, 0.2) is 17.5 Å². The van der Waals surface area contributed by atoms with E-state index in [4.69, 9.17) is 5.11 Å². The standard InChI is InChI=1S/C11H10N2O2S/c1-6-3-4-8(9(12-6)11(14)15)10-13-7(2)5-16-10/h3-5H,1-2H3,(H,14,15). The highest BCUT2D eigenvalue weighted by molar-refractivity contribution is 7.13. The molecule has 1 N–H and O–H groups in total. The molecule has 5 heteroatoms. The van der Waals surface area contributed by atoms with Crippen LogP contribution in [0.4, 0.5) is 0 Å². The van der Waals surface area contributed by atoms with Crippen molar-refractivity contribution in [1.29, 1.82) is 0 Å². The summed E-state index contributed by atoms with van der Waals surface area (Å²) in [5, 5.41) is 11.7. The second-order valence-electron chi connectivity index (χ2n) is 3.45. The van der Waals surface area contributed by atoms with Crippen molar-refractivity contribution in [3.63, 3.8) is 0 Å². The van der Waals surface area contributed by atoms with E-state index in [1.165, 1.54) is 11.3 Å². The van der Waals surface area contributed by atoms with Gasteiger partial charge in [0.15, 0.2) is 5.69 Å². The SMILES string of the molecule is Cc1csc(-c2ccc(C)nc2C(=O)O)n1. The topological polar surface area (TPSA) is 63.1 Å². The number of hydrogen-bond acceptors (Lipinski definition) is 4.